The van der Waals surface area contributed by atoms with Gasteiger partial charge in [0.1, 0.15) is 22.9 Å². The fraction of sp³-hybridized carbons (Fsp3) is 0.400. The van der Waals surface area contributed by atoms with Crippen molar-refractivity contribution < 1.29 is 27.2 Å². The number of aryl methyl sites for hydroxylation is 1. The number of hydrogen-bond donors (Lipinski definition) is 2. The third-order valence-electron chi connectivity index (χ3n) is 3.99. The third-order valence-corrected chi connectivity index (χ3v) is 5.20. The molecule has 2 aromatic heterocycles. The van der Waals surface area contributed by atoms with Crippen LogP contribution in [0.5, 0.6) is 0 Å². The fourth-order valence-corrected chi connectivity index (χ4v) is 4.23. The van der Waals surface area contributed by atoms with Gasteiger partial charge in [0, 0.05) is 4.88 Å². The molecular formula is C15H14F4N4O2S. The first-order valence-corrected chi connectivity index (χ1v) is 8.47. The summed E-state index contributed by atoms with van der Waals surface area (Å²) < 4.78 is 51.8. The zero-order valence-electron chi connectivity index (χ0n) is 13.3. The molecule has 140 valence electrons. The zero-order chi connectivity index (χ0) is 19.0. The van der Waals surface area contributed by atoms with Crippen molar-refractivity contribution in [1.29, 1.82) is 0 Å². The number of aromatic nitrogens is 2. The second kappa shape index (κ2) is 7.06. The number of thiophene rings is 1. The van der Waals surface area contributed by atoms with E-state index >= 15 is 0 Å². The molecule has 11 heteroatoms. The van der Waals surface area contributed by atoms with Gasteiger partial charge in [0.05, 0.1) is 5.56 Å². The van der Waals surface area contributed by atoms with Gasteiger partial charge in [0.25, 0.3) is 18.8 Å². The standard InChI is InChI=1S/C15H14F4N4O2S/c16-12(17)7-4-8(13(18)19)23(22-7)5-10(24)21-15-11(14(20)25)6-2-1-3-9(6)26-15/h4,12-13H,1-3,5H2,(H2,20,25)(H,21,24). The van der Waals surface area contributed by atoms with Crippen molar-refractivity contribution >= 4 is 28.2 Å². The number of amides is 2. The minimum atomic E-state index is -3.06. The van der Waals surface area contributed by atoms with E-state index in [1.54, 1.807) is 0 Å². The summed E-state index contributed by atoms with van der Waals surface area (Å²) in [6.07, 6.45) is -3.76. The minimum Gasteiger partial charge on any atom is -0.365 e. The van der Waals surface area contributed by atoms with E-state index in [4.69, 9.17) is 5.73 Å². The predicted molar refractivity (Wildman–Crippen MR) is 85.6 cm³/mol. The van der Waals surface area contributed by atoms with Crippen molar-refractivity contribution in [2.45, 2.75) is 38.7 Å². The quantitative estimate of drug-likeness (QED) is 0.743. The Balaban J connectivity index is 1.81. The van der Waals surface area contributed by atoms with Crippen molar-refractivity contribution in [3.05, 3.63) is 33.5 Å². The van der Waals surface area contributed by atoms with E-state index in [0.29, 0.717) is 17.2 Å². The molecule has 0 unspecified atom stereocenters. The van der Waals surface area contributed by atoms with Gasteiger partial charge in [-0.1, -0.05) is 0 Å². The van der Waals surface area contributed by atoms with Crippen LogP contribution in [-0.2, 0) is 24.2 Å². The number of anilines is 1. The molecule has 6 nitrogen and oxygen atoms in total. The van der Waals surface area contributed by atoms with E-state index in [9.17, 15) is 27.2 Å². The van der Waals surface area contributed by atoms with Gasteiger partial charge in [-0.3, -0.25) is 14.3 Å². The highest BCUT2D eigenvalue weighted by atomic mass is 32.1. The van der Waals surface area contributed by atoms with Crippen molar-refractivity contribution in [2.24, 2.45) is 5.73 Å². The van der Waals surface area contributed by atoms with Crippen LogP contribution in [0.3, 0.4) is 0 Å². The number of rotatable bonds is 6. The average molecular weight is 390 g/mol. The Kier molecular flexibility index (Phi) is 4.99. The van der Waals surface area contributed by atoms with Gasteiger partial charge in [-0.2, -0.15) is 5.10 Å². The lowest BCUT2D eigenvalue weighted by atomic mass is 10.1. The van der Waals surface area contributed by atoms with E-state index in [1.165, 1.54) is 11.3 Å². The van der Waals surface area contributed by atoms with Gasteiger partial charge >= 0.3 is 0 Å². The summed E-state index contributed by atoms with van der Waals surface area (Å²) in [5.41, 5.74) is 4.78. The molecule has 0 saturated heterocycles. The summed E-state index contributed by atoms with van der Waals surface area (Å²) in [5.74, 6) is -1.45. The number of alkyl halides is 4. The molecule has 1 aliphatic carbocycles. The second-order valence-electron chi connectivity index (χ2n) is 5.73. The number of nitrogens with zero attached hydrogens (tertiary/aromatic N) is 2. The van der Waals surface area contributed by atoms with Crippen LogP contribution in [0.15, 0.2) is 6.07 Å². The highest BCUT2D eigenvalue weighted by Gasteiger charge is 2.27. The number of carbonyl (C=O) groups is 2. The van der Waals surface area contributed by atoms with Gasteiger partial charge in [-0.25, -0.2) is 17.6 Å². The fourth-order valence-electron chi connectivity index (χ4n) is 2.92. The number of nitrogens with one attached hydrogen (secondary N) is 1. The highest BCUT2D eigenvalue weighted by molar-refractivity contribution is 7.17. The van der Waals surface area contributed by atoms with Crippen LogP contribution in [-0.4, -0.2) is 21.6 Å². The van der Waals surface area contributed by atoms with E-state index in [0.717, 1.165) is 23.3 Å². The van der Waals surface area contributed by atoms with E-state index in [2.05, 4.69) is 10.4 Å². The number of nitrogens with two attached hydrogens (primary N) is 1. The molecule has 3 rings (SSSR count). The summed E-state index contributed by atoms with van der Waals surface area (Å²) in [7, 11) is 0. The van der Waals surface area contributed by atoms with Gasteiger partial charge < -0.3 is 11.1 Å². The third kappa shape index (κ3) is 3.43. The molecule has 0 fully saturated rings. The predicted octanol–water partition coefficient (Wildman–Crippen LogP) is 3.05. The molecular weight excluding hydrogens is 376 g/mol. The number of hydrogen-bond acceptors (Lipinski definition) is 4. The Morgan fingerprint density at radius 2 is 2.00 bits per heavy atom. The first-order valence-electron chi connectivity index (χ1n) is 7.66. The van der Waals surface area contributed by atoms with E-state index in [-0.39, 0.29) is 10.6 Å². The molecule has 3 N–H and O–H groups in total. The Labute approximate surface area is 149 Å². The largest absolute Gasteiger partial charge is 0.365 e. The van der Waals surface area contributed by atoms with Crippen molar-refractivity contribution in [2.75, 3.05) is 5.32 Å². The van der Waals surface area contributed by atoms with Crippen LogP contribution in [0.4, 0.5) is 22.6 Å². The van der Waals surface area contributed by atoms with Gasteiger partial charge in [-0.15, -0.1) is 11.3 Å². The molecule has 2 aromatic rings. The van der Waals surface area contributed by atoms with Gasteiger partial charge in [-0.05, 0) is 30.9 Å². The average Bonchev–Trinajstić information content (AvgIpc) is 3.20. The Bertz CT molecular complexity index is 862. The van der Waals surface area contributed by atoms with Gasteiger partial charge in [0.2, 0.25) is 5.91 Å². The molecule has 0 atom stereocenters. The topological polar surface area (TPSA) is 90.0 Å². The summed E-state index contributed by atoms with van der Waals surface area (Å²) in [4.78, 5) is 24.8. The lowest BCUT2D eigenvalue weighted by Gasteiger charge is -2.08. The highest BCUT2D eigenvalue weighted by Crippen LogP contribution is 2.38. The van der Waals surface area contributed by atoms with Crippen LogP contribution >= 0.6 is 11.3 Å². The van der Waals surface area contributed by atoms with E-state index in [1.807, 2.05) is 0 Å². The maximum absolute atomic E-state index is 13.0. The number of primary amides is 1. The molecule has 0 aromatic carbocycles. The second-order valence-corrected chi connectivity index (χ2v) is 6.83. The number of fused-ring (bicyclic) bond motifs is 1. The SMILES string of the molecule is NC(=O)c1c(NC(=O)Cn2nc(C(F)F)cc2C(F)F)sc2c1CCC2. The lowest BCUT2D eigenvalue weighted by Crippen LogP contribution is -2.23. The van der Waals surface area contributed by atoms with Crippen LogP contribution in [0, 0.1) is 0 Å². The maximum Gasteiger partial charge on any atom is 0.282 e. The molecule has 2 heterocycles. The first kappa shape index (κ1) is 18.4. The summed E-state index contributed by atoms with van der Waals surface area (Å²) in [6.45, 7) is -0.687. The molecule has 0 aliphatic heterocycles. The number of halogens is 4. The van der Waals surface area contributed by atoms with E-state index < -0.39 is 42.6 Å². The Hall–Kier alpha value is -2.43. The minimum absolute atomic E-state index is 0.221. The van der Waals surface area contributed by atoms with Gasteiger partial charge in [0.15, 0.2) is 0 Å². The molecule has 1 aliphatic rings. The van der Waals surface area contributed by atoms with Crippen LogP contribution in [0.25, 0.3) is 0 Å². The molecule has 0 spiro atoms. The van der Waals surface area contributed by atoms with Crippen LogP contribution in [0.2, 0.25) is 0 Å². The normalized spacial score (nSPS) is 13.5. The zero-order valence-corrected chi connectivity index (χ0v) is 14.1. The maximum atomic E-state index is 13.0. The van der Waals surface area contributed by atoms with Crippen LogP contribution in [0.1, 0.15) is 51.5 Å². The monoisotopic (exact) mass is 390 g/mol. The van der Waals surface area contributed by atoms with Crippen molar-refractivity contribution in [3.63, 3.8) is 0 Å². The van der Waals surface area contributed by atoms with Crippen molar-refractivity contribution in [1.82, 2.24) is 9.78 Å². The smallest absolute Gasteiger partial charge is 0.282 e. The number of carbonyl (C=O) groups excluding carboxylic acids is 2. The molecule has 0 radical (unpaired) electrons. The summed E-state index contributed by atoms with van der Waals surface area (Å²) >= 11 is 1.21. The first-order chi connectivity index (χ1) is 12.3. The molecule has 26 heavy (non-hydrogen) atoms. The molecule has 0 bridgehead atoms. The lowest BCUT2D eigenvalue weighted by molar-refractivity contribution is -0.117. The molecule has 0 saturated carbocycles. The summed E-state index contributed by atoms with van der Waals surface area (Å²) in [6, 6.07) is 0.567. The van der Waals surface area contributed by atoms with Crippen molar-refractivity contribution in [3.8, 4) is 0 Å². The van der Waals surface area contributed by atoms with Crippen LogP contribution < -0.4 is 11.1 Å². The summed E-state index contributed by atoms with van der Waals surface area (Å²) in [5, 5.41) is 6.06. The Morgan fingerprint density at radius 3 is 2.62 bits per heavy atom. The molecule has 2 amide bonds. The Morgan fingerprint density at radius 1 is 1.27 bits per heavy atom.